The molecule has 0 aliphatic carbocycles. The largest absolute Gasteiger partial charge is 0.577 e. The summed E-state index contributed by atoms with van der Waals surface area (Å²) in [5.74, 6) is 0. The fraction of sp³-hybridized carbons (Fsp3) is 0.500. The van der Waals surface area contributed by atoms with Gasteiger partial charge < -0.3 is 5.21 Å². The Morgan fingerprint density at radius 1 is 1.67 bits per heavy atom. The highest BCUT2D eigenvalue weighted by atomic mass is 16.5. The van der Waals surface area contributed by atoms with Gasteiger partial charge in [0.2, 0.25) is 0 Å². The Morgan fingerprint density at radius 2 is 2.50 bits per heavy atom. The zero-order valence-corrected chi connectivity index (χ0v) is 3.42. The van der Waals surface area contributed by atoms with E-state index >= 15 is 0 Å². The third-order valence-electron chi connectivity index (χ3n) is 0.788. The molecular weight excluding hydrogens is 78.0 g/mol. The van der Waals surface area contributed by atoms with Crippen LogP contribution in [0.2, 0.25) is 0 Å². The van der Waals surface area contributed by atoms with Crippen molar-refractivity contribution >= 4 is 0 Å². The van der Waals surface area contributed by atoms with E-state index < -0.39 is 0 Å². The summed E-state index contributed by atoms with van der Waals surface area (Å²) in [7, 11) is 0. The van der Waals surface area contributed by atoms with E-state index in [0.717, 1.165) is 11.5 Å². The van der Waals surface area contributed by atoms with Crippen molar-refractivity contribution in [1.29, 1.82) is 0 Å². The lowest BCUT2D eigenvalue weighted by atomic mass is 10.5. The van der Waals surface area contributed by atoms with Gasteiger partial charge in [0.1, 0.15) is 12.7 Å². The van der Waals surface area contributed by atoms with Crippen LogP contribution in [0.25, 0.3) is 0 Å². The smallest absolute Gasteiger partial charge is 0.141 e. The zero-order chi connectivity index (χ0) is 4.41. The van der Waals surface area contributed by atoms with E-state index in [9.17, 15) is 5.21 Å². The van der Waals surface area contributed by atoms with Crippen molar-refractivity contribution in [3.8, 4) is 0 Å². The molecule has 0 spiro atoms. The fourth-order valence-electron chi connectivity index (χ4n) is 0.468. The molecule has 0 atom stereocenters. The molecule has 1 rings (SSSR count). The topological polar surface area (TPSA) is 29.0 Å². The van der Waals surface area contributed by atoms with Crippen molar-refractivity contribution < 1.29 is 0 Å². The van der Waals surface area contributed by atoms with Gasteiger partial charge in [-0.1, -0.05) is 0 Å². The van der Waals surface area contributed by atoms with Crippen LogP contribution in [0.1, 0.15) is 6.42 Å². The van der Waals surface area contributed by atoms with E-state index in [0.29, 0.717) is 6.54 Å². The molecule has 0 fully saturated rings. The molecular formula is C4H6NO. The summed E-state index contributed by atoms with van der Waals surface area (Å²) in [5, 5.41) is 11.0. The van der Waals surface area contributed by atoms with Crippen molar-refractivity contribution in [2.24, 2.45) is 0 Å². The number of hydrogen-bond donors (Lipinski definition) is 0. The first kappa shape index (κ1) is 3.84. The lowest BCUT2D eigenvalue weighted by molar-refractivity contribution is 0.716. The number of hydroxylamine groups is 2. The zero-order valence-electron chi connectivity index (χ0n) is 3.42. The van der Waals surface area contributed by atoms with Gasteiger partial charge in [0, 0.05) is 6.42 Å². The van der Waals surface area contributed by atoms with Crippen LogP contribution in [0.15, 0.2) is 12.3 Å². The molecule has 0 bridgehead atoms. The highest BCUT2D eigenvalue weighted by Gasteiger charge is 2.01. The molecule has 1 radical (unpaired) electrons. The van der Waals surface area contributed by atoms with Crippen LogP contribution < -0.4 is 5.06 Å². The maximum atomic E-state index is 10.1. The standard InChI is InChI=1S/C4H6NO/c6-5-3-1-2-4-5/h1,3H,2,4H2. The van der Waals surface area contributed by atoms with Gasteiger partial charge in [-0.05, 0) is 6.08 Å². The van der Waals surface area contributed by atoms with Crippen LogP contribution in [0.5, 0.6) is 0 Å². The Morgan fingerprint density at radius 3 is 2.67 bits per heavy atom. The lowest BCUT2D eigenvalue weighted by Gasteiger charge is -1.98. The fourth-order valence-corrected chi connectivity index (χ4v) is 0.468. The SMILES string of the molecule is [O-][N+]1C=CCC1. The third-order valence-corrected chi connectivity index (χ3v) is 0.788. The average molecular weight is 84.1 g/mol. The molecule has 1 aliphatic heterocycles. The summed E-state index contributed by atoms with van der Waals surface area (Å²) >= 11 is 0. The van der Waals surface area contributed by atoms with Gasteiger partial charge >= 0.3 is 0 Å². The Kier molecular flexibility index (Phi) is 0.900. The second-order valence-electron chi connectivity index (χ2n) is 1.31. The van der Waals surface area contributed by atoms with Gasteiger partial charge in [-0.15, -0.1) is 0 Å². The van der Waals surface area contributed by atoms with Gasteiger partial charge in [-0.2, -0.15) is 5.06 Å². The first-order valence-corrected chi connectivity index (χ1v) is 2.00. The van der Waals surface area contributed by atoms with Crippen LogP contribution in [-0.2, 0) is 0 Å². The van der Waals surface area contributed by atoms with E-state index in [1.807, 2.05) is 6.08 Å². The summed E-state index contributed by atoms with van der Waals surface area (Å²) in [5.41, 5.74) is 0. The highest BCUT2D eigenvalue weighted by molar-refractivity contribution is 4.95. The molecule has 6 heavy (non-hydrogen) atoms. The second-order valence-corrected chi connectivity index (χ2v) is 1.31. The molecule has 1 aliphatic rings. The molecule has 0 aromatic carbocycles. The number of rotatable bonds is 0. The second kappa shape index (κ2) is 1.41. The van der Waals surface area contributed by atoms with Crippen LogP contribution in [-0.4, -0.2) is 6.54 Å². The minimum absolute atomic E-state index is 0.653. The normalized spacial score (nSPS) is 22.8. The molecule has 0 aromatic heterocycles. The molecule has 33 valence electrons. The minimum atomic E-state index is 0.653. The van der Waals surface area contributed by atoms with Crippen LogP contribution in [0.3, 0.4) is 0 Å². The number of hydrogen-bond acceptors (Lipinski definition) is 2. The summed E-state index contributed by atoms with van der Waals surface area (Å²) in [4.78, 5) is 0. The van der Waals surface area contributed by atoms with Gasteiger partial charge in [0.05, 0.1) is 0 Å². The Hall–Kier alpha value is -0.340. The molecule has 0 amide bonds. The molecule has 2 nitrogen and oxygen atoms in total. The molecule has 0 N–H and O–H groups in total. The van der Waals surface area contributed by atoms with Crippen molar-refractivity contribution in [2.45, 2.75) is 6.42 Å². The van der Waals surface area contributed by atoms with Gasteiger partial charge in [-0.25, -0.2) is 0 Å². The summed E-state index contributed by atoms with van der Waals surface area (Å²) < 4.78 is 0. The lowest BCUT2D eigenvalue weighted by Crippen LogP contribution is -2.09. The molecule has 2 heteroatoms. The van der Waals surface area contributed by atoms with Crippen molar-refractivity contribution in [3.05, 3.63) is 17.5 Å². The quantitative estimate of drug-likeness (QED) is 0.311. The molecule has 1 heterocycles. The first-order chi connectivity index (χ1) is 2.89. The van der Waals surface area contributed by atoms with Crippen molar-refractivity contribution in [2.75, 3.05) is 6.54 Å². The maximum absolute atomic E-state index is 10.1. The van der Waals surface area contributed by atoms with E-state index in [1.165, 1.54) is 0 Å². The average Bonchev–Trinajstić information content (AvgIpc) is 1.86. The number of nitrogens with zero attached hydrogens (tertiary/aromatic N) is 1. The van der Waals surface area contributed by atoms with Crippen LogP contribution in [0, 0.1) is 5.21 Å². The third kappa shape index (κ3) is 0.584. The minimum Gasteiger partial charge on any atom is -0.577 e. The predicted molar refractivity (Wildman–Crippen MR) is 24.1 cm³/mol. The van der Waals surface area contributed by atoms with E-state index in [4.69, 9.17) is 0 Å². The van der Waals surface area contributed by atoms with Crippen LogP contribution >= 0.6 is 0 Å². The molecule has 0 unspecified atom stereocenters. The highest BCUT2D eigenvalue weighted by Crippen LogP contribution is 1.95. The predicted octanol–water partition coefficient (Wildman–Crippen LogP) is 0.542. The van der Waals surface area contributed by atoms with E-state index in [1.54, 1.807) is 6.20 Å². The van der Waals surface area contributed by atoms with Crippen molar-refractivity contribution in [3.63, 3.8) is 0 Å². The van der Waals surface area contributed by atoms with Gasteiger partial charge in [0.15, 0.2) is 0 Å². The van der Waals surface area contributed by atoms with E-state index in [-0.39, 0.29) is 0 Å². The maximum Gasteiger partial charge on any atom is 0.141 e. The molecule has 0 aromatic rings. The monoisotopic (exact) mass is 84.0 g/mol. The van der Waals surface area contributed by atoms with Gasteiger partial charge in [0.25, 0.3) is 0 Å². The van der Waals surface area contributed by atoms with Crippen LogP contribution in [0.4, 0.5) is 0 Å². The Balaban J connectivity index is 2.38. The van der Waals surface area contributed by atoms with Crippen molar-refractivity contribution in [1.82, 2.24) is 5.06 Å². The van der Waals surface area contributed by atoms with Gasteiger partial charge in [-0.3, -0.25) is 0 Å². The Bertz CT molecular complexity index is 69.9. The first-order valence-electron chi connectivity index (χ1n) is 2.00. The molecule has 0 saturated carbocycles. The Labute approximate surface area is 36.6 Å². The summed E-state index contributed by atoms with van der Waals surface area (Å²) in [6.07, 6.45) is 4.34. The summed E-state index contributed by atoms with van der Waals surface area (Å²) in [6, 6.07) is 0. The molecule has 0 saturated heterocycles. The summed E-state index contributed by atoms with van der Waals surface area (Å²) in [6.45, 7) is 0.653. The van der Waals surface area contributed by atoms with E-state index in [2.05, 4.69) is 0 Å².